The number of primary amides is 1. The summed E-state index contributed by atoms with van der Waals surface area (Å²) in [4.78, 5) is 11.2. The van der Waals surface area contributed by atoms with Gasteiger partial charge in [0.15, 0.2) is 0 Å². The molecule has 0 unspecified atom stereocenters. The Morgan fingerprint density at radius 2 is 2.13 bits per heavy atom. The van der Waals surface area contributed by atoms with Crippen molar-refractivity contribution in [2.75, 3.05) is 0 Å². The summed E-state index contributed by atoms with van der Waals surface area (Å²) in [6.45, 7) is 4.09. The van der Waals surface area contributed by atoms with Crippen LogP contribution in [0.15, 0.2) is 0 Å². The quantitative estimate of drug-likeness (QED) is 0.752. The van der Waals surface area contributed by atoms with E-state index < -0.39 is 6.10 Å². The lowest BCUT2D eigenvalue weighted by atomic mass is 9.62. The van der Waals surface area contributed by atoms with Crippen LogP contribution >= 0.6 is 15.9 Å². The van der Waals surface area contributed by atoms with E-state index in [1.165, 1.54) is 0 Å². The van der Waals surface area contributed by atoms with E-state index in [9.17, 15) is 9.90 Å². The van der Waals surface area contributed by atoms with E-state index in [1.54, 1.807) is 0 Å². The molecular formula is C11H18BrNO2. The zero-order valence-corrected chi connectivity index (χ0v) is 10.8. The van der Waals surface area contributed by atoms with Crippen molar-refractivity contribution in [3.8, 4) is 0 Å². The summed E-state index contributed by atoms with van der Waals surface area (Å²) in [5.41, 5.74) is 4.98. The predicted octanol–water partition coefficient (Wildman–Crippen LogP) is 1.57. The molecule has 3 N–H and O–H groups in total. The molecule has 0 spiro atoms. The smallest absolute Gasteiger partial charge is 0.217 e. The number of nitrogens with two attached hydrogens (primary N) is 1. The van der Waals surface area contributed by atoms with Gasteiger partial charge in [0, 0.05) is 6.42 Å². The highest BCUT2D eigenvalue weighted by Crippen LogP contribution is 2.69. The van der Waals surface area contributed by atoms with Gasteiger partial charge < -0.3 is 10.8 Å². The van der Waals surface area contributed by atoms with Crippen molar-refractivity contribution >= 4 is 21.8 Å². The fourth-order valence-corrected chi connectivity index (χ4v) is 4.93. The maximum absolute atomic E-state index is 11.2. The van der Waals surface area contributed by atoms with Gasteiger partial charge in [0.1, 0.15) is 0 Å². The van der Waals surface area contributed by atoms with Crippen molar-refractivity contribution in [2.45, 2.75) is 50.0 Å². The molecule has 2 fully saturated rings. The van der Waals surface area contributed by atoms with Gasteiger partial charge in [0.05, 0.1) is 10.4 Å². The van der Waals surface area contributed by atoms with Crippen LogP contribution < -0.4 is 5.73 Å². The van der Waals surface area contributed by atoms with Gasteiger partial charge >= 0.3 is 0 Å². The first-order valence-corrected chi connectivity index (χ1v) is 6.18. The number of aliphatic hydroxyl groups is 1. The molecule has 0 radical (unpaired) electrons. The molecule has 0 aliphatic heterocycles. The average Bonchev–Trinajstić information content (AvgIpc) is 2.48. The molecular weight excluding hydrogens is 258 g/mol. The number of aliphatic hydroxyl groups excluding tert-OH is 1. The van der Waals surface area contributed by atoms with Crippen LogP contribution in [-0.2, 0) is 4.79 Å². The molecule has 15 heavy (non-hydrogen) atoms. The highest BCUT2D eigenvalue weighted by atomic mass is 79.9. The molecule has 0 saturated heterocycles. The maximum atomic E-state index is 11.2. The SMILES string of the molecule is CC1(C)[C@H](O)[C@@]2(Br)CC[C@]1(CC(N)=O)C2. The lowest BCUT2D eigenvalue weighted by molar-refractivity contribution is -0.123. The van der Waals surface area contributed by atoms with Crippen LogP contribution in [0, 0.1) is 10.8 Å². The Labute approximate surface area is 98.5 Å². The van der Waals surface area contributed by atoms with E-state index in [-0.39, 0.29) is 21.1 Å². The van der Waals surface area contributed by atoms with Crippen LogP contribution in [0.4, 0.5) is 0 Å². The van der Waals surface area contributed by atoms with E-state index in [0.717, 1.165) is 19.3 Å². The highest BCUT2D eigenvalue weighted by Gasteiger charge is 2.68. The number of hydrogen-bond acceptors (Lipinski definition) is 2. The van der Waals surface area contributed by atoms with Gasteiger partial charge in [-0.1, -0.05) is 29.8 Å². The molecule has 1 amide bonds. The second kappa shape index (κ2) is 2.98. The minimum Gasteiger partial charge on any atom is -0.391 e. The molecule has 0 aromatic carbocycles. The fraction of sp³-hybridized carbons (Fsp3) is 0.909. The number of alkyl halides is 1. The lowest BCUT2D eigenvalue weighted by Gasteiger charge is -2.45. The van der Waals surface area contributed by atoms with Crippen LogP contribution in [-0.4, -0.2) is 21.4 Å². The Morgan fingerprint density at radius 1 is 1.53 bits per heavy atom. The molecule has 0 aromatic rings. The van der Waals surface area contributed by atoms with Crippen molar-refractivity contribution in [1.82, 2.24) is 0 Å². The van der Waals surface area contributed by atoms with Crippen LogP contribution in [0.2, 0.25) is 0 Å². The first-order chi connectivity index (χ1) is 6.74. The van der Waals surface area contributed by atoms with Crippen LogP contribution in [0.5, 0.6) is 0 Å². The standard InChI is InChI=1S/C11H18BrNO2/c1-9(2)8(15)11(12)4-3-10(9,6-11)5-7(13)14/h8,15H,3-6H2,1-2H3,(H2,13,14)/t8-,10-,11+/m0/s1. The van der Waals surface area contributed by atoms with E-state index in [2.05, 4.69) is 15.9 Å². The van der Waals surface area contributed by atoms with E-state index in [0.29, 0.717) is 6.42 Å². The summed E-state index contributed by atoms with van der Waals surface area (Å²) >= 11 is 3.65. The Hall–Kier alpha value is -0.0900. The van der Waals surface area contributed by atoms with E-state index in [4.69, 9.17) is 5.73 Å². The third-order valence-electron chi connectivity index (χ3n) is 4.70. The number of amides is 1. The first-order valence-electron chi connectivity index (χ1n) is 5.39. The molecule has 2 aliphatic rings. The van der Waals surface area contributed by atoms with Crippen molar-refractivity contribution in [3.63, 3.8) is 0 Å². The van der Waals surface area contributed by atoms with Gasteiger partial charge in [-0.15, -0.1) is 0 Å². The third kappa shape index (κ3) is 1.30. The second-order valence-corrected chi connectivity index (χ2v) is 7.34. The largest absolute Gasteiger partial charge is 0.391 e. The van der Waals surface area contributed by atoms with E-state index in [1.807, 2.05) is 13.8 Å². The molecule has 2 saturated carbocycles. The molecule has 86 valence electrons. The van der Waals surface area contributed by atoms with Crippen LogP contribution in [0.25, 0.3) is 0 Å². The topological polar surface area (TPSA) is 63.3 Å². The summed E-state index contributed by atoms with van der Waals surface area (Å²) in [5, 5.41) is 10.3. The van der Waals surface area contributed by atoms with Crippen LogP contribution in [0.3, 0.4) is 0 Å². The Bertz CT molecular complexity index is 318. The summed E-state index contributed by atoms with van der Waals surface area (Å²) in [6, 6.07) is 0. The molecule has 3 atom stereocenters. The average molecular weight is 276 g/mol. The predicted molar refractivity (Wildman–Crippen MR) is 61.5 cm³/mol. The molecule has 0 aromatic heterocycles. The van der Waals surface area contributed by atoms with Crippen molar-refractivity contribution in [2.24, 2.45) is 16.6 Å². The number of rotatable bonds is 2. The van der Waals surface area contributed by atoms with Crippen molar-refractivity contribution in [3.05, 3.63) is 0 Å². The normalized spacial score (nSPS) is 47.1. The third-order valence-corrected chi connectivity index (χ3v) is 5.82. The summed E-state index contributed by atoms with van der Waals surface area (Å²) in [5.74, 6) is -0.256. The number of fused-ring (bicyclic) bond motifs is 2. The van der Waals surface area contributed by atoms with Gasteiger partial charge in [-0.3, -0.25) is 4.79 Å². The van der Waals surface area contributed by atoms with Crippen LogP contribution in [0.1, 0.15) is 39.5 Å². The lowest BCUT2D eigenvalue weighted by Crippen LogP contribution is -2.47. The molecule has 4 heteroatoms. The van der Waals surface area contributed by atoms with Crippen molar-refractivity contribution < 1.29 is 9.90 Å². The van der Waals surface area contributed by atoms with Gasteiger partial charge in [-0.2, -0.15) is 0 Å². The summed E-state index contributed by atoms with van der Waals surface area (Å²) < 4.78 is -0.189. The minimum atomic E-state index is -0.391. The second-order valence-electron chi connectivity index (χ2n) is 5.76. The molecule has 0 heterocycles. The van der Waals surface area contributed by atoms with E-state index >= 15 is 0 Å². The number of halogens is 1. The monoisotopic (exact) mass is 275 g/mol. The van der Waals surface area contributed by atoms with Gasteiger partial charge in [0.25, 0.3) is 0 Å². The number of hydrogen-bond donors (Lipinski definition) is 2. The molecule has 3 nitrogen and oxygen atoms in total. The van der Waals surface area contributed by atoms with Crippen molar-refractivity contribution in [1.29, 1.82) is 0 Å². The summed E-state index contributed by atoms with van der Waals surface area (Å²) in [7, 11) is 0. The molecule has 2 bridgehead atoms. The highest BCUT2D eigenvalue weighted by molar-refractivity contribution is 9.10. The summed E-state index contributed by atoms with van der Waals surface area (Å²) in [6.07, 6.45) is 2.77. The number of carbonyl (C=O) groups excluding carboxylic acids is 1. The first kappa shape index (κ1) is 11.4. The fourth-order valence-electron chi connectivity index (χ4n) is 3.62. The number of carbonyl (C=O) groups is 1. The maximum Gasteiger partial charge on any atom is 0.217 e. The minimum absolute atomic E-state index is 0.109. The Morgan fingerprint density at radius 3 is 2.53 bits per heavy atom. The molecule has 2 aliphatic carbocycles. The van der Waals surface area contributed by atoms with Gasteiger partial charge in [-0.05, 0) is 30.1 Å². The van der Waals surface area contributed by atoms with Gasteiger partial charge in [0.2, 0.25) is 5.91 Å². The Kier molecular flexibility index (Phi) is 2.26. The Balaban J connectivity index is 2.37. The molecule has 2 rings (SSSR count). The zero-order chi connectivity index (χ0) is 11.5. The zero-order valence-electron chi connectivity index (χ0n) is 9.22. The van der Waals surface area contributed by atoms with Gasteiger partial charge in [-0.25, -0.2) is 0 Å².